The molecule has 0 radical (unpaired) electrons. The molecule has 3 heteroatoms. The molecule has 0 unspecified atom stereocenters. The molecule has 0 aliphatic heterocycles. The van der Waals surface area contributed by atoms with Crippen LogP contribution in [0.25, 0.3) is 0 Å². The van der Waals surface area contributed by atoms with Crippen molar-refractivity contribution in [2.24, 2.45) is 0 Å². The molecule has 0 amide bonds. The van der Waals surface area contributed by atoms with Crippen molar-refractivity contribution in [2.45, 2.75) is 0 Å². The van der Waals surface area contributed by atoms with Gasteiger partial charge in [-0.3, -0.25) is 0 Å². The highest BCUT2D eigenvalue weighted by molar-refractivity contribution is 8.93. The predicted molar refractivity (Wildman–Crippen MR) is 122 cm³/mol. The fourth-order valence-corrected chi connectivity index (χ4v) is 7.76. The molecule has 4 rings (SSSR count). The third kappa shape index (κ3) is 3.60. The Balaban J connectivity index is 0.00000210. The van der Waals surface area contributed by atoms with Crippen molar-refractivity contribution in [3.63, 3.8) is 0 Å². The van der Waals surface area contributed by atoms with Crippen LogP contribution in [-0.2, 0) is 0 Å². The van der Waals surface area contributed by atoms with Gasteiger partial charge in [-0.05, 0) is 60.7 Å². The van der Waals surface area contributed by atoms with Gasteiger partial charge in [0.2, 0.25) is 0 Å². The highest BCUT2D eigenvalue weighted by Gasteiger charge is 2.47. The van der Waals surface area contributed by atoms with Gasteiger partial charge in [0.1, 0.15) is 34.3 Å². The van der Waals surface area contributed by atoms with E-state index in [1.807, 2.05) is 30.3 Å². The van der Waals surface area contributed by atoms with Crippen molar-refractivity contribution in [1.29, 1.82) is 0 Å². The first kappa shape index (κ1) is 19.5. The van der Waals surface area contributed by atoms with E-state index >= 15 is 0 Å². The summed E-state index contributed by atoms with van der Waals surface area (Å²) in [7, 11) is -2.09. The molecule has 0 heterocycles. The SMILES string of the molecule is Br.Fc1ccc([P+](c2ccccc2)(c2ccccc2)c2ccccc2)cc1. The van der Waals surface area contributed by atoms with Gasteiger partial charge in [-0.2, -0.15) is 0 Å². The summed E-state index contributed by atoms with van der Waals surface area (Å²) in [6.07, 6.45) is 0. The third-order valence-corrected chi connectivity index (χ3v) is 8.94. The molecule has 0 aromatic heterocycles. The predicted octanol–water partition coefficient (Wildman–Crippen LogP) is 5.02. The summed E-state index contributed by atoms with van der Waals surface area (Å²) in [6, 6.07) is 38.8. The van der Waals surface area contributed by atoms with Crippen LogP contribution in [0.3, 0.4) is 0 Å². The van der Waals surface area contributed by atoms with Crippen LogP contribution in [-0.4, -0.2) is 0 Å². The summed E-state index contributed by atoms with van der Waals surface area (Å²) in [6.45, 7) is 0. The average molecular weight is 438 g/mol. The van der Waals surface area contributed by atoms with E-state index in [0.29, 0.717) is 0 Å². The number of hydrogen-bond donors (Lipinski definition) is 0. The van der Waals surface area contributed by atoms with Crippen molar-refractivity contribution >= 4 is 45.5 Å². The minimum absolute atomic E-state index is 0. The Morgan fingerprint density at radius 2 is 0.704 bits per heavy atom. The zero-order valence-corrected chi connectivity index (χ0v) is 17.3. The average Bonchev–Trinajstić information content (AvgIpc) is 2.72. The Morgan fingerprint density at radius 3 is 1.04 bits per heavy atom. The van der Waals surface area contributed by atoms with Gasteiger partial charge >= 0.3 is 0 Å². The van der Waals surface area contributed by atoms with E-state index in [1.165, 1.54) is 15.9 Å². The van der Waals surface area contributed by atoms with Gasteiger partial charge < -0.3 is 0 Å². The van der Waals surface area contributed by atoms with Crippen molar-refractivity contribution in [2.75, 3.05) is 0 Å². The molecule has 134 valence electrons. The van der Waals surface area contributed by atoms with Crippen LogP contribution in [0.2, 0.25) is 0 Å². The van der Waals surface area contributed by atoms with Gasteiger partial charge in [0.25, 0.3) is 0 Å². The lowest BCUT2D eigenvalue weighted by Crippen LogP contribution is -2.38. The molecule has 4 aromatic carbocycles. The monoisotopic (exact) mass is 437 g/mol. The maximum absolute atomic E-state index is 13.7. The first-order valence-corrected chi connectivity index (χ1v) is 10.4. The maximum Gasteiger partial charge on any atom is 0.144 e. The number of benzene rings is 4. The van der Waals surface area contributed by atoms with Crippen LogP contribution in [0.5, 0.6) is 0 Å². The summed E-state index contributed by atoms with van der Waals surface area (Å²) in [5.74, 6) is -0.207. The summed E-state index contributed by atoms with van der Waals surface area (Å²) >= 11 is 0. The lowest BCUT2D eigenvalue weighted by Gasteiger charge is -2.27. The summed E-state index contributed by atoms with van der Waals surface area (Å²) < 4.78 is 13.7. The summed E-state index contributed by atoms with van der Waals surface area (Å²) in [5, 5.41) is 4.96. The van der Waals surface area contributed by atoms with Gasteiger partial charge in [0, 0.05) is 0 Å². The van der Waals surface area contributed by atoms with E-state index < -0.39 is 7.26 Å². The molecular weight excluding hydrogens is 418 g/mol. The number of rotatable bonds is 4. The second kappa shape index (κ2) is 8.61. The molecule has 4 aromatic rings. The molecule has 0 atom stereocenters. The molecular formula is C24H20BrFP+. The van der Waals surface area contributed by atoms with E-state index in [2.05, 4.69) is 72.8 Å². The van der Waals surface area contributed by atoms with Crippen LogP contribution < -0.4 is 21.2 Å². The van der Waals surface area contributed by atoms with Crippen LogP contribution in [0, 0.1) is 5.82 Å². The van der Waals surface area contributed by atoms with E-state index in [9.17, 15) is 4.39 Å². The van der Waals surface area contributed by atoms with Gasteiger partial charge in [-0.25, -0.2) is 4.39 Å². The molecule has 0 nitrogen and oxygen atoms in total. The first-order chi connectivity index (χ1) is 12.8. The maximum atomic E-state index is 13.7. The van der Waals surface area contributed by atoms with E-state index in [4.69, 9.17) is 0 Å². The zero-order valence-electron chi connectivity index (χ0n) is 14.7. The normalized spacial score (nSPS) is 10.9. The van der Waals surface area contributed by atoms with E-state index in [0.717, 1.165) is 5.30 Å². The lowest BCUT2D eigenvalue weighted by molar-refractivity contribution is 0.628. The Morgan fingerprint density at radius 1 is 0.407 bits per heavy atom. The van der Waals surface area contributed by atoms with Crippen LogP contribution in [0.15, 0.2) is 115 Å². The molecule has 0 aliphatic rings. The fraction of sp³-hybridized carbons (Fsp3) is 0. The Bertz CT molecular complexity index is 874. The van der Waals surface area contributed by atoms with Crippen molar-refractivity contribution in [3.05, 3.63) is 121 Å². The molecule has 0 saturated heterocycles. The van der Waals surface area contributed by atoms with E-state index in [1.54, 1.807) is 12.1 Å². The minimum atomic E-state index is -2.09. The second-order valence-corrected chi connectivity index (χ2v) is 9.56. The quantitative estimate of drug-likeness (QED) is 0.393. The van der Waals surface area contributed by atoms with Crippen LogP contribution in [0.4, 0.5) is 4.39 Å². The third-order valence-electron chi connectivity index (χ3n) is 4.64. The topological polar surface area (TPSA) is 0 Å². The number of hydrogen-bond acceptors (Lipinski definition) is 0. The van der Waals surface area contributed by atoms with Gasteiger partial charge in [-0.15, -0.1) is 17.0 Å². The molecule has 0 bridgehead atoms. The largest absolute Gasteiger partial charge is 0.207 e. The second-order valence-electron chi connectivity index (χ2n) is 6.15. The zero-order chi connectivity index (χ0) is 17.8. The van der Waals surface area contributed by atoms with Crippen molar-refractivity contribution in [3.8, 4) is 0 Å². The molecule has 0 spiro atoms. The van der Waals surface area contributed by atoms with Gasteiger partial charge in [-0.1, -0.05) is 54.6 Å². The van der Waals surface area contributed by atoms with E-state index in [-0.39, 0.29) is 22.8 Å². The smallest absolute Gasteiger partial charge is 0.144 e. The van der Waals surface area contributed by atoms with Crippen molar-refractivity contribution < 1.29 is 4.39 Å². The highest BCUT2D eigenvalue weighted by atomic mass is 79.9. The molecule has 0 saturated carbocycles. The standard InChI is InChI=1S/C24H19FP.BrH/c25-20-16-18-24(19-17-20)26(21-10-4-1-5-11-21,22-12-6-2-7-13-22)23-14-8-3-9-15-23;/h1-19H;1H/q+1;. The lowest BCUT2D eigenvalue weighted by atomic mass is 10.3. The number of halogens is 2. The summed E-state index contributed by atoms with van der Waals surface area (Å²) in [4.78, 5) is 0. The van der Waals surface area contributed by atoms with Gasteiger partial charge in [0.15, 0.2) is 0 Å². The first-order valence-electron chi connectivity index (χ1n) is 8.64. The van der Waals surface area contributed by atoms with Crippen LogP contribution in [0.1, 0.15) is 0 Å². The fourth-order valence-electron chi connectivity index (χ4n) is 3.51. The highest BCUT2D eigenvalue weighted by Crippen LogP contribution is 2.54. The molecule has 0 N–H and O–H groups in total. The molecule has 0 aliphatic carbocycles. The minimum Gasteiger partial charge on any atom is -0.207 e. The van der Waals surface area contributed by atoms with Gasteiger partial charge in [0.05, 0.1) is 0 Å². The molecule has 0 fully saturated rings. The Hall–Kier alpha value is -2.28. The summed E-state index contributed by atoms with van der Waals surface area (Å²) in [5.41, 5.74) is 0. The van der Waals surface area contributed by atoms with Crippen molar-refractivity contribution in [1.82, 2.24) is 0 Å². The molecule has 27 heavy (non-hydrogen) atoms. The Kier molecular flexibility index (Phi) is 6.21. The van der Waals surface area contributed by atoms with Crippen LogP contribution >= 0.6 is 24.2 Å². The Labute approximate surface area is 170 Å².